The molecule has 0 radical (unpaired) electrons. The van der Waals surface area contributed by atoms with E-state index in [4.69, 9.17) is 9.47 Å². The van der Waals surface area contributed by atoms with Gasteiger partial charge in [-0.25, -0.2) is 4.79 Å². The summed E-state index contributed by atoms with van der Waals surface area (Å²) < 4.78 is 14.7. The average molecular weight is 378 g/mol. The smallest absolute Gasteiger partial charge is 0.438 e. The predicted molar refractivity (Wildman–Crippen MR) is 94.6 cm³/mol. The first-order chi connectivity index (χ1) is 12.8. The summed E-state index contributed by atoms with van der Waals surface area (Å²) in [6.07, 6.45) is 0. The normalized spacial score (nSPS) is 11.7. The molecule has 0 saturated heterocycles. The maximum Gasteiger partial charge on any atom is 0.438 e. The van der Waals surface area contributed by atoms with E-state index in [1.54, 1.807) is 32.0 Å². The third-order valence-corrected chi connectivity index (χ3v) is 3.76. The Morgan fingerprint density at radius 2 is 1.81 bits per heavy atom. The van der Waals surface area contributed by atoms with Crippen molar-refractivity contribution in [2.24, 2.45) is 5.92 Å². The number of amides is 2. The van der Waals surface area contributed by atoms with Gasteiger partial charge in [0.25, 0.3) is 5.91 Å². The number of H-pyrrole nitrogens is 1. The van der Waals surface area contributed by atoms with E-state index in [0.29, 0.717) is 17.1 Å². The highest BCUT2D eigenvalue weighted by Crippen LogP contribution is 2.22. The Morgan fingerprint density at radius 3 is 2.30 bits per heavy atom. The van der Waals surface area contributed by atoms with Gasteiger partial charge in [0.1, 0.15) is 17.5 Å². The molecule has 10 nitrogen and oxygen atoms in total. The van der Waals surface area contributed by atoms with E-state index < -0.39 is 23.6 Å². The minimum atomic E-state index is -0.798. The summed E-state index contributed by atoms with van der Waals surface area (Å²) in [5.41, 5.74) is 0.297. The predicted octanol–water partition coefficient (Wildman–Crippen LogP) is 0.451. The Morgan fingerprint density at radius 1 is 1.19 bits per heavy atom. The molecule has 0 aliphatic carbocycles. The fraction of sp³-hybridized carbons (Fsp3) is 0.412. The molecule has 27 heavy (non-hydrogen) atoms. The highest BCUT2D eigenvalue weighted by molar-refractivity contribution is 5.98. The largest absolute Gasteiger partial charge is 0.497 e. The number of aromatic amines is 1. The molecule has 0 aliphatic rings. The van der Waals surface area contributed by atoms with Gasteiger partial charge >= 0.3 is 5.76 Å². The molecule has 2 rings (SSSR count). The van der Waals surface area contributed by atoms with E-state index in [0.717, 1.165) is 0 Å². The molecule has 2 aromatic rings. The van der Waals surface area contributed by atoms with E-state index in [1.807, 2.05) is 0 Å². The van der Waals surface area contributed by atoms with Crippen LogP contribution in [0.1, 0.15) is 30.0 Å². The monoisotopic (exact) mass is 378 g/mol. The molecule has 1 atom stereocenters. The first kappa shape index (κ1) is 20.0. The van der Waals surface area contributed by atoms with Crippen LogP contribution in [-0.2, 0) is 11.3 Å². The fourth-order valence-electron chi connectivity index (χ4n) is 2.32. The Labute approximate surface area is 155 Å². The standard InChI is InChI=1S/C17H22N4O6/c1-9(2)14(16(23)18-8-13-19-17(24)27-21-13)20-15(22)10-5-11(25-3)7-12(6-10)26-4/h5-7,9,14H,8H2,1-4H3,(H,18,23)(H,20,22)(H,19,21,24)/t14-/m0/s1. The second-order valence-electron chi connectivity index (χ2n) is 6.06. The van der Waals surface area contributed by atoms with Crippen LogP contribution in [0.15, 0.2) is 27.5 Å². The van der Waals surface area contributed by atoms with Crippen LogP contribution in [0.5, 0.6) is 11.5 Å². The van der Waals surface area contributed by atoms with Gasteiger partial charge in [0.05, 0.1) is 20.8 Å². The van der Waals surface area contributed by atoms with Crippen LogP contribution in [0.25, 0.3) is 0 Å². The highest BCUT2D eigenvalue weighted by Gasteiger charge is 2.25. The molecule has 0 bridgehead atoms. The Bertz CT molecular complexity index is 835. The lowest BCUT2D eigenvalue weighted by molar-refractivity contribution is -0.124. The third-order valence-electron chi connectivity index (χ3n) is 3.76. The average Bonchev–Trinajstić information content (AvgIpc) is 3.08. The lowest BCUT2D eigenvalue weighted by Crippen LogP contribution is -2.49. The maximum absolute atomic E-state index is 12.6. The van der Waals surface area contributed by atoms with Crippen LogP contribution in [0, 0.1) is 5.92 Å². The van der Waals surface area contributed by atoms with E-state index >= 15 is 0 Å². The van der Waals surface area contributed by atoms with E-state index in [2.05, 4.69) is 25.3 Å². The van der Waals surface area contributed by atoms with Crippen molar-refractivity contribution in [2.75, 3.05) is 14.2 Å². The number of methoxy groups -OCH3 is 2. The molecule has 3 N–H and O–H groups in total. The summed E-state index contributed by atoms with van der Waals surface area (Å²) in [5.74, 6) is -0.662. The van der Waals surface area contributed by atoms with Crippen LogP contribution in [0.4, 0.5) is 0 Å². The van der Waals surface area contributed by atoms with Crippen molar-refractivity contribution in [1.82, 2.24) is 20.8 Å². The summed E-state index contributed by atoms with van der Waals surface area (Å²) in [5, 5.41) is 8.76. The van der Waals surface area contributed by atoms with Gasteiger partial charge in [0, 0.05) is 11.6 Å². The van der Waals surface area contributed by atoms with Crippen molar-refractivity contribution >= 4 is 11.8 Å². The van der Waals surface area contributed by atoms with Gasteiger partial charge in [-0.05, 0) is 18.1 Å². The first-order valence-electron chi connectivity index (χ1n) is 8.20. The molecular formula is C17H22N4O6. The summed E-state index contributed by atoms with van der Waals surface area (Å²) in [7, 11) is 2.96. The number of hydrogen-bond acceptors (Lipinski definition) is 7. The Hall–Kier alpha value is -3.30. The maximum atomic E-state index is 12.6. The molecule has 1 heterocycles. The van der Waals surface area contributed by atoms with Gasteiger partial charge < -0.3 is 20.1 Å². The zero-order chi connectivity index (χ0) is 20.0. The molecule has 0 spiro atoms. The number of nitrogens with one attached hydrogen (secondary N) is 3. The molecule has 1 aromatic carbocycles. The molecule has 0 aliphatic heterocycles. The molecule has 0 saturated carbocycles. The second-order valence-corrected chi connectivity index (χ2v) is 6.06. The molecule has 0 fully saturated rings. The third kappa shape index (κ3) is 5.33. The quantitative estimate of drug-likeness (QED) is 0.607. The van der Waals surface area contributed by atoms with Crippen LogP contribution >= 0.6 is 0 Å². The lowest BCUT2D eigenvalue weighted by Gasteiger charge is -2.21. The Kier molecular flexibility index (Phi) is 6.58. The van der Waals surface area contributed by atoms with Crippen LogP contribution in [0.2, 0.25) is 0 Å². The topological polar surface area (TPSA) is 136 Å². The van der Waals surface area contributed by atoms with Crippen LogP contribution in [0.3, 0.4) is 0 Å². The van der Waals surface area contributed by atoms with E-state index in [9.17, 15) is 14.4 Å². The number of carbonyl (C=O) groups excluding carboxylic acids is 2. The molecule has 0 unspecified atom stereocenters. The number of aromatic nitrogens is 2. The van der Waals surface area contributed by atoms with Crippen molar-refractivity contribution in [1.29, 1.82) is 0 Å². The van der Waals surface area contributed by atoms with Gasteiger partial charge in [-0.1, -0.05) is 19.0 Å². The number of benzene rings is 1. The number of carbonyl (C=O) groups is 2. The number of rotatable bonds is 8. The number of nitrogens with zero attached hydrogens (tertiary/aromatic N) is 1. The van der Waals surface area contributed by atoms with Crippen LogP contribution < -0.4 is 25.9 Å². The van der Waals surface area contributed by atoms with E-state index in [-0.39, 0.29) is 18.3 Å². The minimum absolute atomic E-state index is 0.0311. The number of hydrogen-bond donors (Lipinski definition) is 3. The molecule has 146 valence electrons. The SMILES string of the molecule is COc1cc(OC)cc(C(=O)N[C@H](C(=O)NCc2noc(=O)[nH]2)C(C)C)c1. The lowest BCUT2D eigenvalue weighted by atomic mass is 10.0. The van der Waals surface area contributed by atoms with Crippen molar-refractivity contribution in [3.05, 3.63) is 40.1 Å². The summed E-state index contributed by atoms with van der Waals surface area (Å²) in [4.78, 5) is 38.3. The molecule has 2 amide bonds. The Balaban J connectivity index is 2.09. The van der Waals surface area contributed by atoms with Gasteiger partial charge in [-0.2, -0.15) is 0 Å². The summed E-state index contributed by atoms with van der Waals surface area (Å²) >= 11 is 0. The van der Waals surface area contributed by atoms with Gasteiger partial charge in [0.15, 0.2) is 5.82 Å². The fourth-order valence-corrected chi connectivity index (χ4v) is 2.32. The van der Waals surface area contributed by atoms with Gasteiger partial charge in [0.2, 0.25) is 5.91 Å². The minimum Gasteiger partial charge on any atom is -0.497 e. The van der Waals surface area contributed by atoms with Crippen LogP contribution in [-0.4, -0.2) is 42.2 Å². The van der Waals surface area contributed by atoms with Crippen molar-refractivity contribution in [2.45, 2.75) is 26.4 Å². The molecule has 1 aromatic heterocycles. The molecular weight excluding hydrogens is 356 g/mol. The number of ether oxygens (including phenoxy) is 2. The molecule has 10 heteroatoms. The van der Waals surface area contributed by atoms with Gasteiger partial charge in [-0.15, -0.1) is 0 Å². The zero-order valence-corrected chi connectivity index (χ0v) is 15.5. The first-order valence-corrected chi connectivity index (χ1v) is 8.20. The van der Waals surface area contributed by atoms with Gasteiger partial charge in [-0.3, -0.25) is 19.1 Å². The van der Waals surface area contributed by atoms with Crippen molar-refractivity contribution in [3.8, 4) is 11.5 Å². The van der Waals surface area contributed by atoms with E-state index in [1.165, 1.54) is 14.2 Å². The van der Waals surface area contributed by atoms with Crippen molar-refractivity contribution < 1.29 is 23.6 Å². The summed E-state index contributed by atoms with van der Waals surface area (Å²) in [6, 6.07) is 3.94. The van der Waals surface area contributed by atoms with Crippen molar-refractivity contribution in [3.63, 3.8) is 0 Å². The highest BCUT2D eigenvalue weighted by atomic mass is 16.5. The summed E-state index contributed by atoms with van der Waals surface area (Å²) in [6.45, 7) is 3.57. The zero-order valence-electron chi connectivity index (χ0n) is 15.5. The second kappa shape index (κ2) is 8.88.